The molecule has 0 saturated heterocycles. The topological polar surface area (TPSA) is 362 Å². The number of rotatable bonds is 9. The summed E-state index contributed by atoms with van der Waals surface area (Å²) in [5.41, 5.74) is 0. The Balaban J connectivity index is -0.000000110. The number of aliphatic hydroxyl groups is 6. The standard InChI is InChI=1S/3C4H6O6.Pb.Zr/c3*5-1(3(7)8)2(6)4(9)10;;/h3*1-2,5-6H,(H,7,8)(H,9,10);;/q;;;+2;+4/p-6. The number of hydrogen-bond acceptors (Lipinski definition) is 18. The van der Waals surface area contributed by atoms with Gasteiger partial charge < -0.3 is 90.0 Å². The summed E-state index contributed by atoms with van der Waals surface area (Å²) in [5, 5.41) is 107. The number of carbonyl (C=O) groups is 6. The van der Waals surface area contributed by atoms with Gasteiger partial charge >= 0.3 is 53.5 Å². The molecule has 6 atom stereocenters. The van der Waals surface area contributed by atoms with E-state index in [1.54, 1.807) is 0 Å². The minimum Gasteiger partial charge on any atom is -0.547 e. The summed E-state index contributed by atoms with van der Waals surface area (Å²) < 4.78 is 0. The Morgan fingerprint density at radius 2 is 0.438 bits per heavy atom. The number of carboxylic acids is 6. The van der Waals surface area contributed by atoms with Gasteiger partial charge in [0.15, 0.2) is 0 Å². The zero-order valence-corrected chi connectivity index (χ0v) is 21.4. The first-order chi connectivity index (χ1) is 13.4. The molecule has 0 amide bonds. The molecule has 32 heavy (non-hydrogen) atoms. The van der Waals surface area contributed by atoms with Crippen molar-refractivity contribution >= 4 is 63.1 Å². The van der Waals surface area contributed by atoms with Crippen LogP contribution >= 0.6 is 0 Å². The maximum Gasteiger partial charge on any atom is 4.00 e. The molecule has 0 aliphatic carbocycles. The van der Waals surface area contributed by atoms with Crippen molar-refractivity contribution < 1.29 is 116 Å². The van der Waals surface area contributed by atoms with E-state index in [1.807, 2.05) is 0 Å². The van der Waals surface area contributed by atoms with Crippen LogP contribution in [0.3, 0.4) is 0 Å². The molecule has 0 aliphatic heterocycles. The monoisotopic (exact) mass is 742 g/mol. The smallest absolute Gasteiger partial charge is 0.547 e. The van der Waals surface area contributed by atoms with Crippen LogP contribution in [0.2, 0.25) is 0 Å². The van der Waals surface area contributed by atoms with E-state index >= 15 is 0 Å². The second-order valence-electron chi connectivity index (χ2n) is 4.58. The van der Waals surface area contributed by atoms with Crippen LogP contribution in [0, 0.1) is 0 Å². The van der Waals surface area contributed by atoms with E-state index in [4.69, 9.17) is 30.6 Å². The Bertz CT molecular complexity index is 500. The van der Waals surface area contributed by atoms with Gasteiger partial charge in [-0.2, -0.15) is 0 Å². The Labute approximate surface area is 215 Å². The number of hydrogen-bond donors (Lipinski definition) is 6. The van der Waals surface area contributed by atoms with Crippen LogP contribution in [0.4, 0.5) is 0 Å². The van der Waals surface area contributed by atoms with Crippen LogP contribution in [0.25, 0.3) is 0 Å². The zero-order chi connectivity index (χ0) is 24.9. The summed E-state index contributed by atoms with van der Waals surface area (Å²) in [7, 11) is 0. The Hall–Kier alpha value is -1.61. The van der Waals surface area contributed by atoms with Crippen molar-refractivity contribution in [3.63, 3.8) is 0 Å². The molecule has 0 spiro atoms. The molecular weight excluding hydrogens is 731 g/mol. The predicted octanol–water partition coefficient (Wildman–Crippen LogP) is -14.8. The molecule has 2 radical (unpaired) electrons. The second kappa shape index (κ2) is 20.0. The van der Waals surface area contributed by atoms with Crippen LogP contribution in [0.1, 0.15) is 0 Å². The number of aliphatic hydroxyl groups excluding tert-OH is 6. The molecule has 0 saturated carbocycles. The van der Waals surface area contributed by atoms with Crippen molar-refractivity contribution in [2.45, 2.75) is 36.6 Å². The van der Waals surface area contributed by atoms with E-state index < -0.39 is 72.4 Å². The molecule has 0 bridgehead atoms. The predicted molar refractivity (Wildman–Crippen MR) is 71.8 cm³/mol. The van der Waals surface area contributed by atoms with Crippen LogP contribution in [-0.4, -0.2) is 130 Å². The van der Waals surface area contributed by atoms with E-state index in [0.29, 0.717) is 0 Å². The third-order valence-electron chi connectivity index (χ3n) is 2.35. The Morgan fingerprint density at radius 1 is 0.375 bits per heavy atom. The van der Waals surface area contributed by atoms with Crippen molar-refractivity contribution in [1.29, 1.82) is 0 Å². The van der Waals surface area contributed by atoms with Gasteiger partial charge in [-0.3, -0.25) is 0 Å². The van der Waals surface area contributed by atoms with E-state index in [9.17, 15) is 59.4 Å². The van der Waals surface area contributed by atoms with E-state index in [0.717, 1.165) is 0 Å². The molecule has 0 rings (SSSR count). The van der Waals surface area contributed by atoms with Crippen LogP contribution < -0.4 is 30.6 Å². The van der Waals surface area contributed by atoms with Crippen molar-refractivity contribution in [2.75, 3.05) is 0 Å². The number of carboxylic acid groups (broad SMARTS) is 6. The average Bonchev–Trinajstić information content (AvgIpc) is 2.64. The molecule has 0 heterocycles. The first-order valence-corrected chi connectivity index (χ1v) is 6.73. The van der Waals surface area contributed by atoms with Gasteiger partial charge in [0.1, 0.15) is 36.6 Å². The average molecular weight is 743 g/mol. The molecule has 0 fully saturated rings. The first-order valence-electron chi connectivity index (χ1n) is 6.73. The van der Waals surface area contributed by atoms with Crippen molar-refractivity contribution in [3.8, 4) is 0 Å². The van der Waals surface area contributed by atoms with Gasteiger partial charge in [0.05, 0.1) is 35.8 Å². The normalized spacial score (nSPS) is 14.8. The summed E-state index contributed by atoms with van der Waals surface area (Å²) in [5.74, 6) is -12.4. The molecule has 20 heteroatoms. The molecule has 0 aromatic rings. The maximum atomic E-state index is 9.63. The van der Waals surface area contributed by atoms with Gasteiger partial charge in [-0.25, -0.2) is 0 Å². The third-order valence-corrected chi connectivity index (χ3v) is 2.35. The fourth-order valence-electron chi connectivity index (χ4n) is 0.773. The first kappa shape index (κ1) is 40.7. The fourth-order valence-corrected chi connectivity index (χ4v) is 0.773. The van der Waals surface area contributed by atoms with Gasteiger partial charge in [0, 0.05) is 0 Å². The summed E-state index contributed by atoms with van der Waals surface area (Å²) in [6.45, 7) is 0. The maximum absolute atomic E-state index is 9.63. The molecule has 6 unspecified atom stereocenters. The van der Waals surface area contributed by atoms with Gasteiger partial charge in [-0.1, -0.05) is 0 Å². The molecule has 18 nitrogen and oxygen atoms in total. The van der Waals surface area contributed by atoms with Gasteiger partial charge in [-0.05, 0) is 0 Å². The SMILES string of the molecule is O=C([O-])C(O)C(O)C(=O)[O-].O=C([O-])C(O)C(O)C(=O)[O-].O=C([O-])C(O)C(O)C(=O)[O-].[Pb+2].[Zr+4]. The Kier molecular flexibility index (Phi) is 25.5. The minimum atomic E-state index is -2.44. The van der Waals surface area contributed by atoms with Gasteiger partial charge in [-0.15, -0.1) is 0 Å². The largest absolute Gasteiger partial charge is 4.00 e. The minimum absolute atomic E-state index is 0. The number of aliphatic carboxylic acids is 6. The van der Waals surface area contributed by atoms with Gasteiger partial charge in [0.25, 0.3) is 0 Å². The third kappa shape index (κ3) is 18.0. The van der Waals surface area contributed by atoms with Crippen molar-refractivity contribution in [1.82, 2.24) is 0 Å². The quantitative estimate of drug-likeness (QED) is 0.119. The van der Waals surface area contributed by atoms with E-state index in [2.05, 4.69) is 0 Å². The molecule has 0 aromatic carbocycles. The second-order valence-corrected chi connectivity index (χ2v) is 4.58. The molecule has 176 valence electrons. The van der Waals surface area contributed by atoms with Crippen molar-refractivity contribution in [2.24, 2.45) is 0 Å². The Morgan fingerprint density at radius 3 is 0.469 bits per heavy atom. The van der Waals surface area contributed by atoms with E-state index in [-0.39, 0.29) is 53.5 Å². The number of carbonyl (C=O) groups excluding carboxylic acids is 6. The van der Waals surface area contributed by atoms with Crippen LogP contribution in [0.15, 0.2) is 0 Å². The summed E-state index contributed by atoms with van der Waals surface area (Å²) in [4.78, 5) is 57.8. The summed E-state index contributed by atoms with van der Waals surface area (Å²) >= 11 is 0. The van der Waals surface area contributed by atoms with Crippen molar-refractivity contribution in [3.05, 3.63) is 0 Å². The molecule has 6 N–H and O–H groups in total. The van der Waals surface area contributed by atoms with Crippen LogP contribution in [0.5, 0.6) is 0 Å². The fraction of sp³-hybridized carbons (Fsp3) is 0.500. The molecule has 0 aliphatic rings. The summed E-state index contributed by atoms with van der Waals surface area (Å²) in [6.07, 6.45) is -14.6. The molecule has 0 aromatic heterocycles. The van der Waals surface area contributed by atoms with Crippen LogP contribution in [-0.2, 0) is 55.0 Å². The van der Waals surface area contributed by atoms with Gasteiger partial charge in [0.2, 0.25) is 0 Å². The summed E-state index contributed by atoms with van der Waals surface area (Å²) in [6, 6.07) is 0. The van der Waals surface area contributed by atoms with E-state index in [1.165, 1.54) is 0 Å². The molecular formula is C12H12O18PbZr. The zero-order valence-electron chi connectivity index (χ0n) is 15.0.